The minimum Gasteiger partial charge on any atom is -0.481 e. The molecular weight excluding hydrogens is 250 g/mol. The summed E-state index contributed by atoms with van der Waals surface area (Å²) in [6.07, 6.45) is -0.606. The molecule has 0 aliphatic rings. The number of rotatable bonds is 6. The molecule has 1 N–H and O–H groups in total. The monoisotopic (exact) mass is 265 g/mol. The van der Waals surface area contributed by atoms with E-state index >= 15 is 0 Å². The van der Waals surface area contributed by atoms with Crippen molar-refractivity contribution >= 4 is 18.5 Å². The lowest BCUT2D eigenvalue weighted by Gasteiger charge is -2.18. The van der Waals surface area contributed by atoms with E-state index in [9.17, 15) is 14.4 Å². The molecule has 19 heavy (non-hydrogen) atoms. The van der Waals surface area contributed by atoms with Gasteiger partial charge in [0.15, 0.2) is 0 Å². The lowest BCUT2D eigenvalue weighted by atomic mass is 10.1. The van der Waals surface area contributed by atoms with Gasteiger partial charge < -0.3 is 9.84 Å². The van der Waals surface area contributed by atoms with Gasteiger partial charge in [-0.25, -0.2) is 9.69 Å². The second-order valence-corrected chi connectivity index (χ2v) is 4.14. The van der Waals surface area contributed by atoms with Crippen LogP contribution in [0.25, 0.3) is 0 Å². The van der Waals surface area contributed by atoms with Gasteiger partial charge in [0, 0.05) is 13.0 Å². The number of benzene rings is 1. The number of hydrogen-bond donors (Lipinski definition) is 1. The summed E-state index contributed by atoms with van der Waals surface area (Å²) >= 11 is 0. The lowest BCUT2D eigenvalue weighted by Crippen LogP contribution is -2.36. The van der Waals surface area contributed by atoms with E-state index in [0.717, 1.165) is 4.90 Å². The Kier molecular flexibility index (Phi) is 5.53. The molecule has 0 spiro atoms. The summed E-state index contributed by atoms with van der Waals surface area (Å²) < 4.78 is 4.98. The number of carboxylic acid groups (broad SMARTS) is 1. The number of amides is 2. The zero-order valence-electron chi connectivity index (χ0n) is 10.5. The van der Waals surface area contributed by atoms with E-state index in [1.165, 1.54) is 0 Å². The fourth-order valence-electron chi connectivity index (χ4n) is 1.51. The normalized spacial score (nSPS) is 11.4. The Labute approximate surface area is 110 Å². The zero-order valence-corrected chi connectivity index (χ0v) is 10.5. The van der Waals surface area contributed by atoms with Crippen LogP contribution in [0, 0.1) is 5.92 Å². The molecule has 0 aliphatic heterocycles. The average molecular weight is 265 g/mol. The molecule has 2 amide bonds. The molecular formula is C13H15NO5. The van der Waals surface area contributed by atoms with Crippen molar-refractivity contribution in [3.05, 3.63) is 30.3 Å². The van der Waals surface area contributed by atoms with Crippen molar-refractivity contribution < 1.29 is 24.2 Å². The molecule has 1 aromatic carbocycles. The first-order valence-corrected chi connectivity index (χ1v) is 5.73. The minimum atomic E-state index is -0.977. The molecule has 102 valence electrons. The van der Waals surface area contributed by atoms with Crippen molar-refractivity contribution in [2.45, 2.75) is 13.3 Å². The number of imide groups is 1. The number of carboxylic acids is 1. The quantitative estimate of drug-likeness (QED) is 0.792. The van der Waals surface area contributed by atoms with Crippen molar-refractivity contribution in [2.75, 3.05) is 6.54 Å². The molecule has 0 heterocycles. The van der Waals surface area contributed by atoms with Gasteiger partial charge in [0.05, 0.1) is 0 Å². The number of aliphatic carboxylic acids is 1. The maximum atomic E-state index is 11.7. The number of nitrogens with zero attached hydrogens (tertiary/aromatic N) is 1. The molecule has 1 rings (SSSR count). The van der Waals surface area contributed by atoms with Crippen LogP contribution in [0.5, 0.6) is 5.75 Å². The summed E-state index contributed by atoms with van der Waals surface area (Å²) in [7, 11) is 0. The van der Waals surface area contributed by atoms with E-state index < -0.39 is 12.1 Å². The molecule has 6 nitrogen and oxygen atoms in total. The van der Waals surface area contributed by atoms with Crippen LogP contribution < -0.4 is 4.74 Å². The van der Waals surface area contributed by atoms with Gasteiger partial charge in [0.25, 0.3) is 0 Å². The average Bonchev–Trinajstić information content (AvgIpc) is 2.36. The molecule has 0 aromatic heterocycles. The number of carbonyl (C=O) groups is 3. The van der Waals surface area contributed by atoms with Gasteiger partial charge in [-0.15, -0.1) is 0 Å². The Hall–Kier alpha value is -2.37. The first-order chi connectivity index (χ1) is 9.02. The van der Waals surface area contributed by atoms with E-state index in [-0.39, 0.29) is 18.9 Å². The van der Waals surface area contributed by atoms with E-state index in [0.29, 0.717) is 12.2 Å². The highest BCUT2D eigenvalue weighted by atomic mass is 16.6. The van der Waals surface area contributed by atoms with Crippen LogP contribution in [0.3, 0.4) is 0 Å². The summed E-state index contributed by atoms with van der Waals surface area (Å²) in [5.41, 5.74) is 0. The number of carbonyl (C=O) groups excluding carboxylic acids is 2. The maximum absolute atomic E-state index is 11.7. The number of hydrogen-bond acceptors (Lipinski definition) is 4. The van der Waals surface area contributed by atoms with Crippen LogP contribution in [-0.2, 0) is 9.59 Å². The smallest absolute Gasteiger partial charge is 0.421 e. The van der Waals surface area contributed by atoms with Crippen molar-refractivity contribution in [3.8, 4) is 5.75 Å². The third kappa shape index (κ3) is 5.20. The Morgan fingerprint density at radius 2 is 2.00 bits per heavy atom. The van der Waals surface area contributed by atoms with Gasteiger partial charge in [-0.05, 0) is 18.1 Å². The molecule has 0 saturated heterocycles. The summed E-state index contributed by atoms with van der Waals surface area (Å²) in [5, 5.41) is 8.62. The Balaban J connectivity index is 2.57. The fourth-order valence-corrected chi connectivity index (χ4v) is 1.51. The van der Waals surface area contributed by atoms with Crippen molar-refractivity contribution in [2.24, 2.45) is 5.92 Å². The summed E-state index contributed by atoms with van der Waals surface area (Å²) in [6.45, 7) is 1.64. The zero-order chi connectivity index (χ0) is 14.3. The first-order valence-electron chi connectivity index (χ1n) is 5.73. The molecule has 0 bridgehead atoms. The standard InChI is InChI=1S/C13H15NO5/c1-10(7-12(16)17)8-14(9-15)13(18)19-11-5-3-2-4-6-11/h2-6,9-10H,7-8H2,1H3,(H,16,17). The molecule has 0 radical (unpaired) electrons. The van der Waals surface area contributed by atoms with Crippen molar-refractivity contribution in [1.29, 1.82) is 0 Å². The highest BCUT2D eigenvalue weighted by molar-refractivity contribution is 5.82. The van der Waals surface area contributed by atoms with E-state index in [2.05, 4.69) is 0 Å². The molecule has 0 aliphatic carbocycles. The van der Waals surface area contributed by atoms with Gasteiger partial charge >= 0.3 is 12.1 Å². The Morgan fingerprint density at radius 3 is 2.53 bits per heavy atom. The van der Waals surface area contributed by atoms with Crippen LogP contribution in [0.15, 0.2) is 30.3 Å². The highest BCUT2D eigenvalue weighted by Crippen LogP contribution is 2.11. The van der Waals surface area contributed by atoms with E-state index in [1.807, 2.05) is 0 Å². The third-order valence-corrected chi connectivity index (χ3v) is 2.34. The van der Waals surface area contributed by atoms with Gasteiger partial charge in [0.1, 0.15) is 5.75 Å². The molecule has 0 fully saturated rings. The molecule has 0 saturated carbocycles. The topological polar surface area (TPSA) is 83.9 Å². The third-order valence-electron chi connectivity index (χ3n) is 2.34. The Bertz CT molecular complexity index is 446. The number of ether oxygens (including phenoxy) is 1. The number of para-hydroxylation sites is 1. The SMILES string of the molecule is CC(CC(=O)O)CN(C=O)C(=O)Oc1ccccc1. The molecule has 6 heteroatoms. The summed E-state index contributed by atoms with van der Waals surface area (Å²) in [4.78, 5) is 33.9. The van der Waals surface area contributed by atoms with Crippen LogP contribution in [0.2, 0.25) is 0 Å². The lowest BCUT2D eigenvalue weighted by molar-refractivity contribution is -0.138. The minimum absolute atomic E-state index is 0.00146. The van der Waals surface area contributed by atoms with E-state index in [4.69, 9.17) is 9.84 Å². The van der Waals surface area contributed by atoms with Crippen LogP contribution in [0.4, 0.5) is 4.79 Å². The van der Waals surface area contributed by atoms with Crippen LogP contribution >= 0.6 is 0 Å². The first kappa shape index (κ1) is 14.7. The molecule has 1 aromatic rings. The fraction of sp³-hybridized carbons (Fsp3) is 0.308. The predicted molar refractivity (Wildman–Crippen MR) is 66.7 cm³/mol. The van der Waals surface area contributed by atoms with Gasteiger partial charge in [-0.3, -0.25) is 9.59 Å². The van der Waals surface area contributed by atoms with Gasteiger partial charge in [0.2, 0.25) is 6.41 Å². The molecule has 1 atom stereocenters. The second kappa shape index (κ2) is 7.15. The molecule has 1 unspecified atom stereocenters. The van der Waals surface area contributed by atoms with Gasteiger partial charge in [-0.2, -0.15) is 0 Å². The second-order valence-electron chi connectivity index (χ2n) is 4.14. The summed E-state index contributed by atoms with van der Waals surface area (Å²) in [6, 6.07) is 8.33. The Morgan fingerprint density at radius 1 is 1.37 bits per heavy atom. The maximum Gasteiger partial charge on any atom is 0.421 e. The predicted octanol–water partition coefficient (Wildman–Crippen LogP) is 1.75. The van der Waals surface area contributed by atoms with Crippen molar-refractivity contribution in [3.63, 3.8) is 0 Å². The van der Waals surface area contributed by atoms with Crippen molar-refractivity contribution in [1.82, 2.24) is 4.90 Å². The van der Waals surface area contributed by atoms with Gasteiger partial charge in [-0.1, -0.05) is 25.1 Å². The van der Waals surface area contributed by atoms with E-state index in [1.54, 1.807) is 37.3 Å². The highest BCUT2D eigenvalue weighted by Gasteiger charge is 2.19. The van der Waals surface area contributed by atoms with Crippen LogP contribution in [-0.4, -0.2) is 35.0 Å². The van der Waals surface area contributed by atoms with Crippen LogP contribution in [0.1, 0.15) is 13.3 Å². The largest absolute Gasteiger partial charge is 0.481 e. The summed E-state index contributed by atoms with van der Waals surface area (Å²) in [5.74, 6) is -0.994.